The van der Waals surface area contributed by atoms with E-state index in [9.17, 15) is 0 Å². The van der Waals surface area contributed by atoms with Crippen molar-refractivity contribution in [1.29, 1.82) is 0 Å². The molecule has 1 aliphatic carbocycles. The van der Waals surface area contributed by atoms with Crippen molar-refractivity contribution < 1.29 is 4.74 Å². The molecule has 5 heteroatoms. The van der Waals surface area contributed by atoms with E-state index in [0.29, 0.717) is 6.04 Å². The molecule has 1 atom stereocenters. The van der Waals surface area contributed by atoms with Crippen molar-refractivity contribution in [3.8, 4) is 5.75 Å². The first kappa shape index (κ1) is 19.6. The number of rotatable bonds is 4. The molecule has 0 amide bonds. The Labute approximate surface area is 146 Å². The van der Waals surface area contributed by atoms with Gasteiger partial charge in [0, 0.05) is 32.2 Å². The highest BCUT2D eigenvalue weighted by atomic mass is 35.5. The van der Waals surface area contributed by atoms with Crippen LogP contribution in [0, 0.1) is 5.92 Å². The molecule has 1 N–H and O–H groups in total. The van der Waals surface area contributed by atoms with Crippen LogP contribution in [-0.4, -0.2) is 38.2 Å². The Morgan fingerprint density at radius 2 is 1.82 bits per heavy atom. The van der Waals surface area contributed by atoms with Gasteiger partial charge in [0.25, 0.3) is 0 Å². The highest BCUT2D eigenvalue weighted by Gasteiger charge is 2.31. The summed E-state index contributed by atoms with van der Waals surface area (Å²) in [5.74, 6) is 1.81. The SMILES string of the molecule is COc1cccc([C@H](C2CCCC2)N2CCNCC2)c1.Cl.Cl. The molecule has 0 spiro atoms. The van der Waals surface area contributed by atoms with Crippen molar-refractivity contribution in [2.75, 3.05) is 33.3 Å². The topological polar surface area (TPSA) is 24.5 Å². The van der Waals surface area contributed by atoms with Gasteiger partial charge in [-0.2, -0.15) is 0 Å². The molecule has 0 aromatic heterocycles. The molecule has 1 heterocycles. The molecule has 0 bridgehead atoms. The molecule has 1 saturated carbocycles. The average Bonchev–Trinajstić information content (AvgIpc) is 3.03. The van der Waals surface area contributed by atoms with Gasteiger partial charge in [-0.05, 0) is 36.5 Å². The molecule has 22 heavy (non-hydrogen) atoms. The molecular formula is C17H28Cl2N2O. The zero-order chi connectivity index (χ0) is 13.8. The number of methoxy groups -OCH3 is 1. The Morgan fingerprint density at radius 3 is 2.45 bits per heavy atom. The van der Waals surface area contributed by atoms with Crippen LogP contribution in [0.1, 0.15) is 37.3 Å². The lowest BCUT2D eigenvalue weighted by Gasteiger charge is -2.38. The van der Waals surface area contributed by atoms with Crippen LogP contribution in [0.15, 0.2) is 24.3 Å². The van der Waals surface area contributed by atoms with E-state index in [1.165, 1.54) is 44.3 Å². The first-order valence-corrected chi connectivity index (χ1v) is 7.97. The number of nitrogens with one attached hydrogen (secondary N) is 1. The molecule has 3 rings (SSSR count). The standard InChI is InChI=1S/C17H26N2O.2ClH/c1-20-16-8-4-7-15(13-16)17(14-5-2-3-6-14)19-11-9-18-10-12-19;;/h4,7-8,13-14,17-18H,2-3,5-6,9-12H2,1H3;2*1H/t17-;;/m0../s1. The van der Waals surface area contributed by atoms with E-state index < -0.39 is 0 Å². The number of piperazine rings is 1. The van der Waals surface area contributed by atoms with Crippen molar-refractivity contribution in [3.05, 3.63) is 29.8 Å². The summed E-state index contributed by atoms with van der Waals surface area (Å²) in [6.07, 6.45) is 5.56. The van der Waals surface area contributed by atoms with Gasteiger partial charge in [-0.25, -0.2) is 0 Å². The third kappa shape index (κ3) is 4.51. The first-order valence-electron chi connectivity index (χ1n) is 7.97. The number of nitrogens with zero attached hydrogens (tertiary/aromatic N) is 1. The fourth-order valence-corrected chi connectivity index (χ4v) is 3.84. The van der Waals surface area contributed by atoms with E-state index in [1.807, 2.05) is 6.07 Å². The van der Waals surface area contributed by atoms with E-state index in [4.69, 9.17) is 4.74 Å². The number of halogens is 2. The van der Waals surface area contributed by atoms with Crippen LogP contribution in [0.4, 0.5) is 0 Å². The fourth-order valence-electron chi connectivity index (χ4n) is 3.84. The molecular weight excluding hydrogens is 319 g/mol. The Kier molecular flexibility index (Phi) is 8.55. The van der Waals surface area contributed by atoms with Gasteiger partial charge >= 0.3 is 0 Å². The molecule has 3 nitrogen and oxygen atoms in total. The molecule has 1 aliphatic heterocycles. The summed E-state index contributed by atoms with van der Waals surface area (Å²) >= 11 is 0. The minimum Gasteiger partial charge on any atom is -0.497 e. The Balaban J connectivity index is 0.00000121. The zero-order valence-electron chi connectivity index (χ0n) is 13.3. The van der Waals surface area contributed by atoms with Crippen molar-refractivity contribution in [2.24, 2.45) is 5.92 Å². The lowest BCUT2D eigenvalue weighted by Crippen LogP contribution is -2.46. The largest absolute Gasteiger partial charge is 0.497 e. The predicted molar refractivity (Wildman–Crippen MR) is 96.6 cm³/mol. The molecule has 1 aromatic carbocycles. The van der Waals surface area contributed by atoms with E-state index in [1.54, 1.807) is 7.11 Å². The molecule has 2 aliphatic rings. The van der Waals surface area contributed by atoms with Crippen molar-refractivity contribution in [1.82, 2.24) is 10.2 Å². The average molecular weight is 347 g/mol. The quantitative estimate of drug-likeness (QED) is 0.899. The lowest BCUT2D eigenvalue weighted by molar-refractivity contribution is 0.125. The van der Waals surface area contributed by atoms with Crippen LogP contribution in [-0.2, 0) is 0 Å². The van der Waals surface area contributed by atoms with E-state index >= 15 is 0 Å². The van der Waals surface area contributed by atoms with Crippen molar-refractivity contribution in [2.45, 2.75) is 31.7 Å². The summed E-state index contributed by atoms with van der Waals surface area (Å²) in [6, 6.07) is 9.29. The maximum absolute atomic E-state index is 5.42. The van der Waals surface area contributed by atoms with Gasteiger partial charge in [0.2, 0.25) is 0 Å². The highest BCUT2D eigenvalue weighted by molar-refractivity contribution is 5.85. The van der Waals surface area contributed by atoms with Crippen LogP contribution in [0.3, 0.4) is 0 Å². The van der Waals surface area contributed by atoms with Gasteiger partial charge in [0.1, 0.15) is 5.75 Å². The molecule has 0 radical (unpaired) electrons. The van der Waals surface area contributed by atoms with Gasteiger partial charge in [-0.3, -0.25) is 4.90 Å². The molecule has 1 saturated heterocycles. The lowest BCUT2D eigenvalue weighted by atomic mass is 9.89. The minimum absolute atomic E-state index is 0. The van der Waals surface area contributed by atoms with E-state index in [-0.39, 0.29) is 24.8 Å². The second kappa shape index (κ2) is 9.61. The maximum atomic E-state index is 5.42. The molecule has 0 unspecified atom stereocenters. The Bertz CT molecular complexity index is 432. The third-order valence-corrected chi connectivity index (χ3v) is 4.83. The minimum atomic E-state index is 0. The third-order valence-electron chi connectivity index (χ3n) is 4.83. The van der Waals surface area contributed by atoms with Crippen LogP contribution < -0.4 is 10.1 Å². The number of benzene rings is 1. The number of ether oxygens (including phenoxy) is 1. The van der Waals surface area contributed by atoms with Crippen LogP contribution in [0.2, 0.25) is 0 Å². The molecule has 1 aromatic rings. The van der Waals surface area contributed by atoms with Crippen molar-refractivity contribution >= 4 is 24.8 Å². The maximum Gasteiger partial charge on any atom is 0.119 e. The summed E-state index contributed by atoms with van der Waals surface area (Å²) in [4.78, 5) is 2.68. The van der Waals surface area contributed by atoms with Gasteiger partial charge in [0.15, 0.2) is 0 Å². The molecule has 126 valence electrons. The Hall–Kier alpha value is -0.480. The van der Waals surface area contributed by atoms with Crippen molar-refractivity contribution in [3.63, 3.8) is 0 Å². The number of hydrogen-bond donors (Lipinski definition) is 1. The normalized spacial score (nSPS) is 20.8. The fraction of sp³-hybridized carbons (Fsp3) is 0.647. The van der Waals surface area contributed by atoms with Crippen LogP contribution in [0.25, 0.3) is 0 Å². The van der Waals surface area contributed by atoms with Gasteiger partial charge in [-0.1, -0.05) is 25.0 Å². The van der Waals surface area contributed by atoms with E-state index in [2.05, 4.69) is 28.4 Å². The second-order valence-electron chi connectivity index (χ2n) is 6.05. The number of hydrogen-bond acceptors (Lipinski definition) is 3. The monoisotopic (exact) mass is 346 g/mol. The summed E-state index contributed by atoms with van der Waals surface area (Å²) < 4.78 is 5.42. The smallest absolute Gasteiger partial charge is 0.119 e. The predicted octanol–water partition coefficient (Wildman–Crippen LogP) is 3.68. The zero-order valence-corrected chi connectivity index (χ0v) is 14.9. The summed E-state index contributed by atoms with van der Waals surface area (Å²) in [6.45, 7) is 4.57. The second-order valence-corrected chi connectivity index (χ2v) is 6.05. The van der Waals surface area contributed by atoms with Gasteiger partial charge in [-0.15, -0.1) is 24.8 Å². The summed E-state index contributed by atoms with van der Waals surface area (Å²) in [5, 5.41) is 3.47. The van der Waals surface area contributed by atoms with Crippen LogP contribution >= 0.6 is 24.8 Å². The summed E-state index contributed by atoms with van der Waals surface area (Å²) in [7, 11) is 1.76. The molecule has 2 fully saturated rings. The van der Waals surface area contributed by atoms with Gasteiger partial charge < -0.3 is 10.1 Å². The highest BCUT2D eigenvalue weighted by Crippen LogP contribution is 2.40. The van der Waals surface area contributed by atoms with Gasteiger partial charge in [0.05, 0.1) is 7.11 Å². The Morgan fingerprint density at radius 1 is 1.14 bits per heavy atom. The van der Waals surface area contributed by atoms with E-state index in [0.717, 1.165) is 24.8 Å². The summed E-state index contributed by atoms with van der Waals surface area (Å²) in [5.41, 5.74) is 1.44. The van der Waals surface area contributed by atoms with Crippen LogP contribution in [0.5, 0.6) is 5.75 Å². The first-order chi connectivity index (χ1) is 9.88.